The van der Waals surface area contributed by atoms with E-state index in [4.69, 9.17) is 0 Å². The second-order valence-corrected chi connectivity index (χ2v) is 7.30. The van der Waals surface area contributed by atoms with Crippen molar-refractivity contribution in [1.29, 1.82) is 0 Å². The molecule has 0 saturated heterocycles. The first-order chi connectivity index (χ1) is 12.2. The van der Waals surface area contributed by atoms with Crippen molar-refractivity contribution in [2.24, 2.45) is 0 Å². The smallest absolute Gasteiger partial charge is 0.271 e. The first-order valence-corrected chi connectivity index (χ1v) is 10.2. The molecule has 3 aromatic rings. The van der Waals surface area contributed by atoms with Crippen molar-refractivity contribution in [3.05, 3.63) is 47.2 Å². The first-order valence-electron chi connectivity index (χ1n) is 7.89. The van der Waals surface area contributed by atoms with E-state index < -0.39 is 0 Å². The predicted molar refractivity (Wildman–Crippen MR) is 104 cm³/mol. The van der Waals surface area contributed by atoms with Gasteiger partial charge in [-0.1, -0.05) is 6.07 Å². The summed E-state index contributed by atoms with van der Waals surface area (Å²) in [5.74, 6) is 1.13. The molecule has 3 rings (SSSR count). The molecule has 0 fully saturated rings. The van der Waals surface area contributed by atoms with E-state index in [9.17, 15) is 4.79 Å². The molecule has 0 unspecified atom stereocenters. The number of carbonyl (C=O) groups is 1. The van der Waals surface area contributed by atoms with Gasteiger partial charge in [0.25, 0.3) is 5.91 Å². The maximum absolute atomic E-state index is 12.5. The Balaban J connectivity index is 1.85. The fourth-order valence-corrected chi connectivity index (χ4v) is 3.46. The monoisotopic (exact) mass is 373 g/mol. The zero-order valence-electron chi connectivity index (χ0n) is 14.0. The molecule has 3 aromatic heterocycles. The van der Waals surface area contributed by atoms with Gasteiger partial charge < -0.3 is 10.6 Å². The molecule has 6 nitrogen and oxygen atoms in total. The van der Waals surface area contributed by atoms with Gasteiger partial charge in [-0.3, -0.25) is 9.78 Å². The van der Waals surface area contributed by atoms with E-state index in [1.165, 1.54) is 11.3 Å². The van der Waals surface area contributed by atoms with Crippen LogP contribution >= 0.6 is 23.1 Å². The van der Waals surface area contributed by atoms with E-state index in [-0.39, 0.29) is 11.9 Å². The number of rotatable bonds is 7. The van der Waals surface area contributed by atoms with Crippen molar-refractivity contribution in [1.82, 2.24) is 20.3 Å². The molecule has 0 saturated carbocycles. The molecule has 1 amide bonds. The van der Waals surface area contributed by atoms with Gasteiger partial charge in [0, 0.05) is 18.5 Å². The third-order valence-electron chi connectivity index (χ3n) is 3.59. The van der Waals surface area contributed by atoms with Gasteiger partial charge >= 0.3 is 0 Å². The van der Waals surface area contributed by atoms with Crippen LogP contribution in [-0.2, 0) is 0 Å². The van der Waals surface area contributed by atoms with Gasteiger partial charge in [-0.05, 0) is 36.8 Å². The standard InChI is InChI=1S/C17H19N5OS2/c1-11(12-5-3-4-7-18-12)20-17-21-13-6-9-25-15(13)14(22-17)16(23)19-8-10-24-2/h3-7,9,11H,8,10H2,1-2H3,(H,19,23)(H,20,21,22)/t11-/m0/s1. The second-order valence-electron chi connectivity index (χ2n) is 5.40. The van der Waals surface area contributed by atoms with Crippen LogP contribution < -0.4 is 10.6 Å². The number of hydrogen-bond acceptors (Lipinski definition) is 7. The van der Waals surface area contributed by atoms with Gasteiger partial charge in [-0.15, -0.1) is 11.3 Å². The molecule has 0 spiro atoms. The number of fused-ring (bicyclic) bond motifs is 1. The number of anilines is 1. The van der Waals surface area contributed by atoms with E-state index in [1.807, 2.05) is 42.8 Å². The maximum Gasteiger partial charge on any atom is 0.271 e. The summed E-state index contributed by atoms with van der Waals surface area (Å²) in [5.41, 5.74) is 2.07. The second kappa shape index (κ2) is 8.26. The fourth-order valence-electron chi connectivity index (χ4n) is 2.33. The summed E-state index contributed by atoms with van der Waals surface area (Å²) in [5, 5.41) is 8.07. The third-order valence-corrected chi connectivity index (χ3v) is 5.11. The molecule has 0 radical (unpaired) electrons. The van der Waals surface area contributed by atoms with Crippen LogP contribution in [0.5, 0.6) is 0 Å². The molecule has 3 heterocycles. The number of thioether (sulfide) groups is 1. The summed E-state index contributed by atoms with van der Waals surface area (Å²) in [6.07, 6.45) is 3.76. The highest BCUT2D eigenvalue weighted by Crippen LogP contribution is 2.25. The Morgan fingerprint density at radius 1 is 1.32 bits per heavy atom. The summed E-state index contributed by atoms with van der Waals surface area (Å²) in [6.45, 7) is 2.60. The topological polar surface area (TPSA) is 79.8 Å². The summed E-state index contributed by atoms with van der Waals surface area (Å²) in [7, 11) is 0. The number of aromatic nitrogens is 3. The van der Waals surface area contributed by atoms with Gasteiger partial charge in [0.2, 0.25) is 5.95 Å². The SMILES string of the molecule is CSCCNC(=O)c1nc(N[C@@H](C)c2ccccn2)nc2ccsc12. The average Bonchev–Trinajstić information content (AvgIpc) is 3.10. The molecule has 1 atom stereocenters. The fraction of sp³-hybridized carbons (Fsp3) is 0.294. The molecular weight excluding hydrogens is 354 g/mol. The molecule has 0 bridgehead atoms. The van der Waals surface area contributed by atoms with Gasteiger partial charge in [-0.25, -0.2) is 9.97 Å². The third kappa shape index (κ3) is 4.26. The highest BCUT2D eigenvalue weighted by molar-refractivity contribution is 7.98. The van der Waals surface area contributed by atoms with Crippen molar-refractivity contribution in [2.45, 2.75) is 13.0 Å². The van der Waals surface area contributed by atoms with Crippen molar-refractivity contribution < 1.29 is 4.79 Å². The van der Waals surface area contributed by atoms with Crippen LogP contribution in [0.1, 0.15) is 29.1 Å². The molecule has 25 heavy (non-hydrogen) atoms. The average molecular weight is 374 g/mol. The zero-order chi connectivity index (χ0) is 17.6. The van der Waals surface area contributed by atoms with Gasteiger partial charge in [0.1, 0.15) is 0 Å². The van der Waals surface area contributed by atoms with Crippen LogP contribution in [-0.4, -0.2) is 39.4 Å². The van der Waals surface area contributed by atoms with Crippen molar-refractivity contribution in [3.63, 3.8) is 0 Å². The Morgan fingerprint density at radius 3 is 2.96 bits per heavy atom. The molecule has 0 aliphatic carbocycles. The minimum Gasteiger partial charge on any atom is -0.350 e. The van der Waals surface area contributed by atoms with Gasteiger partial charge in [-0.2, -0.15) is 11.8 Å². The lowest BCUT2D eigenvalue weighted by Crippen LogP contribution is -2.27. The van der Waals surface area contributed by atoms with Crippen molar-refractivity contribution in [3.8, 4) is 0 Å². The Bertz CT molecular complexity index is 853. The Kier molecular flexibility index (Phi) is 5.83. The number of hydrogen-bond donors (Lipinski definition) is 2. The molecule has 8 heteroatoms. The minimum absolute atomic E-state index is 0.0651. The lowest BCUT2D eigenvalue weighted by atomic mass is 10.2. The van der Waals surface area contributed by atoms with Crippen molar-refractivity contribution in [2.75, 3.05) is 23.9 Å². The summed E-state index contributed by atoms with van der Waals surface area (Å²) >= 11 is 3.16. The van der Waals surface area contributed by atoms with Crippen LogP contribution in [0.2, 0.25) is 0 Å². The lowest BCUT2D eigenvalue weighted by Gasteiger charge is -2.14. The summed E-state index contributed by atoms with van der Waals surface area (Å²) in [6, 6.07) is 7.59. The molecule has 0 aromatic carbocycles. The molecule has 0 aliphatic heterocycles. The van der Waals surface area contributed by atoms with Gasteiger partial charge in [0.05, 0.1) is 22.0 Å². The molecule has 130 valence electrons. The summed E-state index contributed by atoms with van der Waals surface area (Å²) in [4.78, 5) is 25.8. The number of nitrogens with one attached hydrogen (secondary N) is 2. The number of thiophene rings is 1. The number of pyridine rings is 1. The Hall–Kier alpha value is -2.19. The van der Waals surface area contributed by atoms with E-state index in [1.54, 1.807) is 18.0 Å². The number of nitrogens with zero attached hydrogens (tertiary/aromatic N) is 3. The number of carbonyl (C=O) groups excluding carboxylic acids is 1. The first kappa shape index (κ1) is 17.6. The van der Waals surface area contributed by atoms with Crippen molar-refractivity contribution >= 4 is 45.2 Å². The van der Waals surface area contributed by atoms with Crippen LogP contribution in [0, 0.1) is 0 Å². The maximum atomic E-state index is 12.5. The van der Waals surface area contributed by atoms with Gasteiger partial charge in [0.15, 0.2) is 5.69 Å². The largest absolute Gasteiger partial charge is 0.350 e. The minimum atomic E-state index is -0.169. The van der Waals surface area contributed by atoms with Crippen LogP contribution in [0.4, 0.5) is 5.95 Å². The zero-order valence-corrected chi connectivity index (χ0v) is 15.7. The molecule has 2 N–H and O–H groups in total. The molecular formula is C17H19N5OS2. The quantitative estimate of drug-likeness (QED) is 0.618. The lowest BCUT2D eigenvalue weighted by molar-refractivity contribution is 0.0953. The molecule has 0 aliphatic rings. The predicted octanol–water partition coefficient (Wildman–Crippen LogP) is 3.35. The Labute approximate surface area is 154 Å². The summed E-state index contributed by atoms with van der Waals surface area (Å²) < 4.78 is 0.803. The highest BCUT2D eigenvalue weighted by Gasteiger charge is 2.17. The van der Waals surface area contributed by atoms with E-state index >= 15 is 0 Å². The van der Waals surface area contributed by atoms with E-state index in [0.717, 1.165) is 21.7 Å². The van der Waals surface area contributed by atoms with Crippen LogP contribution in [0.3, 0.4) is 0 Å². The van der Waals surface area contributed by atoms with Crippen LogP contribution in [0.25, 0.3) is 10.2 Å². The number of amides is 1. The van der Waals surface area contributed by atoms with E-state index in [0.29, 0.717) is 18.2 Å². The Morgan fingerprint density at radius 2 is 2.20 bits per heavy atom. The normalized spacial score (nSPS) is 12.1. The van der Waals surface area contributed by atoms with Crippen LogP contribution in [0.15, 0.2) is 35.8 Å². The van der Waals surface area contributed by atoms with E-state index in [2.05, 4.69) is 25.6 Å². The highest BCUT2D eigenvalue weighted by atomic mass is 32.2.